The van der Waals surface area contributed by atoms with E-state index in [1.54, 1.807) is 0 Å². The summed E-state index contributed by atoms with van der Waals surface area (Å²) in [6, 6.07) is 14.2. The van der Waals surface area contributed by atoms with Crippen LogP contribution in [0.15, 0.2) is 53.7 Å². The molecule has 0 amide bonds. The molecule has 0 aliphatic carbocycles. The van der Waals surface area contributed by atoms with Crippen molar-refractivity contribution in [1.29, 1.82) is 0 Å². The van der Waals surface area contributed by atoms with Crippen LogP contribution in [0, 0.1) is 5.92 Å². The predicted octanol–water partition coefficient (Wildman–Crippen LogP) is 4.36. The highest BCUT2D eigenvalue weighted by Crippen LogP contribution is 2.22. The molecule has 0 spiro atoms. The van der Waals surface area contributed by atoms with Gasteiger partial charge in [0.15, 0.2) is 5.96 Å². The van der Waals surface area contributed by atoms with E-state index in [0.717, 1.165) is 62.4 Å². The summed E-state index contributed by atoms with van der Waals surface area (Å²) in [5.41, 5.74) is 2.32. The number of piperidine rings is 1. The van der Waals surface area contributed by atoms with Gasteiger partial charge in [-0.05, 0) is 62.5 Å². The second-order valence-corrected chi connectivity index (χ2v) is 7.94. The van der Waals surface area contributed by atoms with Crippen molar-refractivity contribution < 1.29 is 0 Å². The molecule has 0 bridgehead atoms. The smallest absolute Gasteiger partial charge is 0.191 e. The van der Waals surface area contributed by atoms with Crippen molar-refractivity contribution in [1.82, 2.24) is 20.5 Å². The summed E-state index contributed by atoms with van der Waals surface area (Å²) in [7, 11) is 0. The van der Waals surface area contributed by atoms with E-state index in [9.17, 15) is 0 Å². The summed E-state index contributed by atoms with van der Waals surface area (Å²) in [6.45, 7) is 7.82. The predicted molar refractivity (Wildman–Crippen MR) is 137 cm³/mol. The number of halogens is 2. The van der Waals surface area contributed by atoms with Crippen LogP contribution in [0.4, 0.5) is 0 Å². The SMILES string of the molecule is CCNC(=NCC1CCN(Cc2ccccc2Cl)CC1)NCCc1ccccn1.I. The number of aliphatic imine (C=N–C) groups is 1. The van der Waals surface area contributed by atoms with Gasteiger partial charge in [0, 0.05) is 49.5 Å². The Hall–Kier alpha value is -1.38. The Balaban J connectivity index is 0.00000320. The van der Waals surface area contributed by atoms with Crippen molar-refractivity contribution in [2.75, 3.05) is 32.7 Å². The first-order valence-electron chi connectivity index (χ1n) is 10.6. The Morgan fingerprint density at radius 2 is 1.90 bits per heavy atom. The van der Waals surface area contributed by atoms with Gasteiger partial charge in [-0.3, -0.25) is 14.9 Å². The maximum Gasteiger partial charge on any atom is 0.191 e. The van der Waals surface area contributed by atoms with E-state index in [0.29, 0.717) is 5.92 Å². The second kappa shape index (κ2) is 13.8. The quantitative estimate of drug-likeness (QED) is 0.296. The summed E-state index contributed by atoms with van der Waals surface area (Å²) >= 11 is 6.30. The van der Waals surface area contributed by atoms with E-state index < -0.39 is 0 Å². The molecule has 30 heavy (non-hydrogen) atoms. The van der Waals surface area contributed by atoms with Crippen molar-refractivity contribution in [3.63, 3.8) is 0 Å². The van der Waals surface area contributed by atoms with Crippen molar-refractivity contribution in [3.05, 3.63) is 64.9 Å². The van der Waals surface area contributed by atoms with Crippen LogP contribution in [0.1, 0.15) is 31.0 Å². The Kier molecular flexibility index (Phi) is 11.5. The zero-order valence-corrected chi connectivity index (χ0v) is 20.8. The van der Waals surface area contributed by atoms with E-state index in [1.165, 1.54) is 18.4 Å². The van der Waals surface area contributed by atoms with Crippen molar-refractivity contribution in [2.24, 2.45) is 10.9 Å². The lowest BCUT2D eigenvalue weighted by Gasteiger charge is -2.31. The number of hydrogen-bond donors (Lipinski definition) is 2. The third-order valence-electron chi connectivity index (χ3n) is 5.31. The molecule has 0 saturated carbocycles. The fraction of sp³-hybridized carbons (Fsp3) is 0.478. The van der Waals surface area contributed by atoms with Gasteiger partial charge in [-0.15, -0.1) is 24.0 Å². The average Bonchev–Trinajstić information content (AvgIpc) is 2.75. The van der Waals surface area contributed by atoms with Crippen LogP contribution in [0.5, 0.6) is 0 Å². The summed E-state index contributed by atoms with van der Waals surface area (Å²) in [5.74, 6) is 1.55. The first kappa shape index (κ1) is 24.9. The molecule has 1 aliphatic rings. The highest BCUT2D eigenvalue weighted by molar-refractivity contribution is 14.0. The highest BCUT2D eigenvalue weighted by atomic mass is 127. The monoisotopic (exact) mass is 541 g/mol. The second-order valence-electron chi connectivity index (χ2n) is 7.53. The van der Waals surface area contributed by atoms with Gasteiger partial charge >= 0.3 is 0 Å². The third-order valence-corrected chi connectivity index (χ3v) is 5.68. The summed E-state index contributed by atoms with van der Waals surface area (Å²) in [4.78, 5) is 11.7. The summed E-state index contributed by atoms with van der Waals surface area (Å²) in [5, 5.41) is 7.65. The van der Waals surface area contributed by atoms with Gasteiger partial charge in [-0.25, -0.2) is 0 Å². The molecule has 0 unspecified atom stereocenters. The zero-order valence-electron chi connectivity index (χ0n) is 17.7. The molecule has 1 aromatic carbocycles. The number of likely N-dealkylation sites (tertiary alicyclic amines) is 1. The minimum absolute atomic E-state index is 0. The summed E-state index contributed by atoms with van der Waals surface area (Å²) < 4.78 is 0. The Morgan fingerprint density at radius 3 is 2.60 bits per heavy atom. The maximum absolute atomic E-state index is 6.30. The van der Waals surface area contributed by atoms with Crippen molar-refractivity contribution in [2.45, 2.75) is 32.7 Å². The maximum atomic E-state index is 6.30. The Morgan fingerprint density at radius 1 is 1.13 bits per heavy atom. The minimum atomic E-state index is 0. The molecule has 7 heteroatoms. The van der Waals surface area contributed by atoms with Gasteiger partial charge in [-0.1, -0.05) is 35.9 Å². The Labute approximate surface area is 202 Å². The Bertz CT molecular complexity index is 763. The topological polar surface area (TPSA) is 52.6 Å². The lowest BCUT2D eigenvalue weighted by Crippen LogP contribution is -2.39. The zero-order chi connectivity index (χ0) is 20.3. The fourth-order valence-corrected chi connectivity index (χ4v) is 3.81. The molecule has 164 valence electrons. The van der Waals surface area contributed by atoms with Gasteiger partial charge < -0.3 is 10.6 Å². The molecular formula is C23H33ClIN5. The van der Waals surface area contributed by atoms with Gasteiger partial charge in [-0.2, -0.15) is 0 Å². The van der Waals surface area contributed by atoms with E-state index in [1.807, 2.05) is 30.5 Å². The molecule has 1 aromatic heterocycles. The fourth-order valence-electron chi connectivity index (χ4n) is 3.61. The van der Waals surface area contributed by atoms with Crippen LogP contribution in [0.25, 0.3) is 0 Å². The molecular weight excluding hydrogens is 509 g/mol. The molecule has 1 aliphatic heterocycles. The third kappa shape index (κ3) is 8.40. The van der Waals surface area contributed by atoms with Crippen molar-refractivity contribution >= 4 is 41.5 Å². The molecule has 1 saturated heterocycles. The molecule has 0 radical (unpaired) electrons. The van der Waals surface area contributed by atoms with E-state index in [2.05, 4.69) is 45.6 Å². The van der Waals surface area contributed by atoms with Gasteiger partial charge in [0.25, 0.3) is 0 Å². The van der Waals surface area contributed by atoms with Crippen LogP contribution in [-0.4, -0.2) is 48.6 Å². The number of nitrogens with zero attached hydrogens (tertiary/aromatic N) is 3. The van der Waals surface area contributed by atoms with Gasteiger partial charge in [0.1, 0.15) is 0 Å². The normalized spacial score (nSPS) is 15.5. The van der Waals surface area contributed by atoms with Crippen LogP contribution >= 0.6 is 35.6 Å². The van der Waals surface area contributed by atoms with Crippen LogP contribution in [0.3, 0.4) is 0 Å². The number of rotatable bonds is 8. The van der Waals surface area contributed by atoms with Crippen LogP contribution < -0.4 is 10.6 Å². The largest absolute Gasteiger partial charge is 0.357 e. The minimum Gasteiger partial charge on any atom is -0.357 e. The highest BCUT2D eigenvalue weighted by Gasteiger charge is 2.19. The number of nitrogens with one attached hydrogen (secondary N) is 2. The lowest BCUT2D eigenvalue weighted by atomic mass is 9.96. The first-order valence-corrected chi connectivity index (χ1v) is 11.0. The molecule has 5 nitrogen and oxygen atoms in total. The number of aromatic nitrogens is 1. The number of guanidine groups is 1. The van der Waals surface area contributed by atoms with Gasteiger partial charge in [0.05, 0.1) is 0 Å². The summed E-state index contributed by atoms with van der Waals surface area (Å²) in [6.07, 6.45) is 5.10. The van der Waals surface area contributed by atoms with E-state index >= 15 is 0 Å². The molecule has 3 rings (SSSR count). The van der Waals surface area contributed by atoms with E-state index in [4.69, 9.17) is 16.6 Å². The molecule has 1 fully saturated rings. The molecule has 2 N–H and O–H groups in total. The van der Waals surface area contributed by atoms with Crippen molar-refractivity contribution in [3.8, 4) is 0 Å². The standard InChI is InChI=1S/C23H32ClN5.HI/c1-2-25-23(27-14-10-21-8-5-6-13-26-21)28-17-19-11-15-29(16-12-19)18-20-7-3-4-9-22(20)24;/h3-9,13,19H,2,10-12,14-18H2,1H3,(H2,25,27,28);1H. The first-order chi connectivity index (χ1) is 14.2. The van der Waals surface area contributed by atoms with E-state index in [-0.39, 0.29) is 24.0 Å². The molecule has 2 aromatic rings. The van der Waals surface area contributed by atoms with Crippen LogP contribution in [0.2, 0.25) is 5.02 Å². The lowest BCUT2D eigenvalue weighted by molar-refractivity contribution is 0.180. The molecule has 2 heterocycles. The van der Waals surface area contributed by atoms with Gasteiger partial charge in [0.2, 0.25) is 0 Å². The van der Waals surface area contributed by atoms with Crippen LogP contribution in [-0.2, 0) is 13.0 Å². The number of pyridine rings is 1. The molecule has 0 atom stereocenters. The number of benzene rings is 1. The number of hydrogen-bond acceptors (Lipinski definition) is 3. The average molecular weight is 542 g/mol.